The summed E-state index contributed by atoms with van der Waals surface area (Å²) in [5.41, 5.74) is 1.24. The van der Waals surface area contributed by atoms with Gasteiger partial charge in [-0.05, 0) is 24.3 Å². The predicted molar refractivity (Wildman–Crippen MR) is 65.6 cm³/mol. The number of aromatic nitrogens is 2. The number of hydrogen-bond donors (Lipinski definition) is 2. The molecule has 0 aliphatic heterocycles. The quantitative estimate of drug-likeness (QED) is 0.873. The zero-order valence-electron chi connectivity index (χ0n) is 9.48. The van der Waals surface area contributed by atoms with Gasteiger partial charge in [0, 0.05) is 0 Å². The summed E-state index contributed by atoms with van der Waals surface area (Å²) in [6, 6.07) is 0. The Balaban J connectivity index is 2.67. The Morgan fingerprint density at radius 1 is 1.65 bits per heavy atom. The molecule has 0 fully saturated rings. The van der Waals surface area contributed by atoms with E-state index in [0.29, 0.717) is 16.6 Å². The van der Waals surface area contributed by atoms with E-state index >= 15 is 0 Å². The number of carboxylic acids is 1. The Kier molecular flexibility index (Phi) is 2.97. The first-order chi connectivity index (χ1) is 8.04. The summed E-state index contributed by atoms with van der Waals surface area (Å²) >= 11 is 1.32. The molecule has 0 aromatic carbocycles. The molecule has 17 heavy (non-hydrogen) atoms. The van der Waals surface area contributed by atoms with Crippen LogP contribution in [0.4, 0.5) is 0 Å². The standard InChI is InChI=1S/C11H12N2O3S/c1-3-6(11(15)16)9-12-7-5(2)4-17-8(7)10(14)13-9/h4,6H,3H2,1-2H3,(H,15,16)(H,12,13,14). The van der Waals surface area contributed by atoms with Crippen LogP contribution in [0.2, 0.25) is 0 Å². The van der Waals surface area contributed by atoms with E-state index in [2.05, 4.69) is 9.97 Å². The van der Waals surface area contributed by atoms with Crippen molar-refractivity contribution < 1.29 is 9.90 Å². The SMILES string of the molecule is CCC(C(=O)O)c1nc2c(C)csc2c(=O)[nH]1. The van der Waals surface area contributed by atoms with Crippen LogP contribution >= 0.6 is 11.3 Å². The molecule has 0 saturated heterocycles. The summed E-state index contributed by atoms with van der Waals surface area (Å²) in [5.74, 6) is -1.49. The molecule has 2 N–H and O–H groups in total. The fourth-order valence-corrected chi connectivity index (χ4v) is 2.59. The van der Waals surface area contributed by atoms with E-state index in [-0.39, 0.29) is 11.4 Å². The molecule has 2 aromatic heterocycles. The number of aromatic amines is 1. The van der Waals surface area contributed by atoms with E-state index in [1.165, 1.54) is 11.3 Å². The lowest BCUT2D eigenvalue weighted by Gasteiger charge is -2.08. The number of rotatable bonds is 3. The highest BCUT2D eigenvalue weighted by Gasteiger charge is 2.21. The van der Waals surface area contributed by atoms with Crippen LogP contribution in [0.3, 0.4) is 0 Å². The molecule has 5 nitrogen and oxygen atoms in total. The molecule has 0 aliphatic carbocycles. The minimum absolute atomic E-state index is 0.235. The normalized spacial score (nSPS) is 12.8. The van der Waals surface area contributed by atoms with Crippen molar-refractivity contribution >= 4 is 27.5 Å². The number of nitrogens with zero attached hydrogens (tertiary/aromatic N) is 1. The van der Waals surface area contributed by atoms with E-state index in [9.17, 15) is 9.59 Å². The molecule has 2 heterocycles. The van der Waals surface area contributed by atoms with Gasteiger partial charge in [0.25, 0.3) is 5.56 Å². The molecule has 1 atom stereocenters. The van der Waals surface area contributed by atoms with E-state index in [1.54, 1.807) is 6.92 Å². The van der Waals surface area contributed by atoms with Gasteiger partial charge in [-0.25, -0.2) is 4.98 Å². The average molecular weight is 252 g/mol. The second-order valence-electron chi connectivity index (χ2n) is 3.85. The Labute approximate surface area is 101 Å². The van der Waals surface area contributed by atoms with Crippen LogP contribution in [0.1, 0.15) is 30.7 Å². The summed E-state index contributed by atoms with van der Waals surface area (Å²) in [5, 5.41) is 10.9. The third-order valence-corrected chi connectivity index (χ3v) is 3.74. The zero-order valence-corrected chi connectivity index (χ0v) is 10.3. The smallest absolute Gasteiger partial charge is 0.314 e. The Hall–Kier alpha value is -1.69. The van der Waals surface area contributed by atoms with Crippen molar-refractivity contribution in [3.8, 4) is 0 Å². The summed E-state index contributed by atoms with van der Waals surface area (Å²) in [6.07, 6.45) is 0.396. The van der Waals surface area contributed by atoms with Crippen LogP contribution in [0.15, 0.2) is 10.2 Å². The van der Waals surface area contributed by atoms with Crippen LogP contribution in [0.5, 0.6) is 0 Å². The van der Waals surface area contributed by atoms with Crippen LogP contribution in [0, 0.1) is 6.92 Å². The number of hydrogen-bond acceptors (Lipinski definition) is 4. The van der Waals surface area contributed by atoms with Gasteiger partial charge in [0.15, 0.2) is 0 Å². The van der Waals surface area contributed by atoms with Crippen molar-refractivity contribution in [2.75, 3.05) is 0 Å². The van der Waals surface area contributed by atoms with Gasteiger partial charge in [-0.2, -0.15) is 0 Å². The highest BCUT2D eigenvalue weighted by Crippen LogP contribution is 2.22. The molecule has 0 spiro atoms. The monoisotopic (exact) mass is 252 g/mol. The van der Waals surface area contributed by atoms with E-state index in [0.717, 1.165) is 5.56 Å². The number of aryl methyl sites for hydroxylation is 1. The van der Waals surface area contributed by atoms with Gasteiger partial charge < -0.3 is 10.1 Å². The number of carboxylic acid groups (broad SMARTS) is 1. The number of H-pyrrole nitrogens is 1. The first-order valence-corrected chi connectivity index (χ1v) is 6.13. The van der Waals surface area contributed by atoms with E-state index < -0.39 is 11.9 Å². The molecule has 0 aliphatic rings. The topological polar surface area (TPSA) is 83.0 Å². The molecular formula is C11H12N2O3S. The van der Waals surface area contributed by atoms with Gasteiger partial charge >= 0.3 is 5.97 Å². The number of carbonyl (C=O) groups is 1. The van der Waals surface area contributed by atoms with Crippen molar-refractivity contribution in [3.63, 3.8) is 0 Å². The Morgan fingerprint density at radius 3 is 2.94 bits per heavy atom. The van der Waals surface area contributed by atoms with Crippen molar-refractivity contribution in [2.45, 2.75) is 26.2 Å². The highest BCUT2D eigenvalue weighted by atomic mass is 32.1. The molecule has 90 valence electrons. The molecule has 0 bridgehead atoms. The lowest BCUT2D eigenvalue weighted by molar-refractivity contribution is -0.139. The second kappa shape index (κ2) is 4.29. The minimum Gasteiger partial charge on any atom is -0.481 e. The van der Waals surface area contributed by atoms with E-state index in [1.807, 2.05) is 12.3 Å². The highest BCUT2D eigenvalue weighted by molar-refractivity contribution is 7.17. The largest absolute Gasteiger partial charge is 0.481 e. The van der Waals surface area contributed by atoms with Crippen molar-refractivity contribution in [1.29, 1.82) is 0 Å². The Bertz CT molecular complexity index is 629. The van der Waals surface area contributed by atoms with Gasteiger partial charge in [0.1, 0.15) is 16.4 Å². The van der Waals surface area contributed by atoms with Crippen molar-refractivity contribution in [1.82, 2.24) is 9.97 Å². The number of nitrogens with one attached hydrogen (secondary N) is 1. The number of aliphatic carboxylic acids is 1. The molecule has 2 aromatic rings. The summed E-state index contributed by atoms with van der Waals surface area (Å²) in [4.78, 5) is 29.6. The first-order valence-electron chi connectivity index (χ1n) is 5.25. The Morgan fingerprint density at radius 2 is 2.35 bits per heavy atom. The van der Waals surface area contributed by atoms with Crippen molar-refractivity contribution in [2.24, 2.45) is 0 Å². The van der Waals surface area contributed by atoms with Crippen molar-refractivity contribution in [3.05, 3.63) is 27.1 Å². The molecule has 0 radical (unpaired) electrons. The number of thiophene rings is 1. The fourth-order valence-electron chi connectivity index (χ4n) is 1.71. The molecular weight excluding hydrogens is 240 g/mol. The van der Waals surface area contributed by atoms with Crippen LogP contribution < -0.4 is 5.56 Å². The lowest BCUT2D eigenvalue weighted by Crippen LogP contribution is -2.19. The summed E-state index contributed by atoms with van der Waals surface area (Å²) in [6.45, 7) is 3.61. The first kappa shape index (κ1) is 11.8. The third-order valence-electron chi connectivity index (χ3n) is 2.66. The van der Waals surface area contributed by atoms with Gasteiger partial charge in [-0.15, -0.1) is 11.3 Å². The van der Waals surface area contributed by atoms with Gasteiger partial charge in [0.2, 0.25) is 0 Å². The summed E-state index contributed by atoms with van der Waals surface area (Å²) < 4.78 is 0.548. The average Bonchev–Trinajstić information content (AvgIpc) is 2.62. The maximum Gasteiger partial charge on any atom is 0.314 e. The second-order valence-corrected chi connectivity index (χ2v) is 4.73. The zero-order chi connectivity index (χ0) is 12.6. The predicted octanol–water partition coefficient (Wildman–Crippen LogP) is 1.87. The van der Waals surface area contributed by atoms with Crippen LogP contribution in [-0.4, -0.2) is 21.0 Å². The molecule has 0 amide bonds. The third kappa shape index (κ3) is 1.95. The minimum atomic E-state index is -0.970. The van der Waals surface area contributed by atoms with Crippen LogP contribution in [-0.2, 0) is 4.79 Å². The molecule has 1 unspecified atom stereocenters. The van der Waals surface area contributed by atoms with Gasteiger partial charge in [0.05, 0.1) is 5.52 Å². The fraction of sp³-hybridized carbons (Fsp3) is 0.364. The van der Waals surface area contributed by atoms with Crippen LogP contribution in [0.25, 0.3) is 10.2 Å². The maximum atomic E-state index is 11.8. The lowest BCUT2D eigenvalue weighted by atomic mass is 10.1. The number of fused-ring (bicyclic) bond motifs is 1. The maximum absolute atomic E-state index is 11.8. The van der Waals surface area contributed by atoms with Gasteiger partial charge in [-0.1, -0.05) is 6.92 Å². The van der Waals surface area contributed by atoms with E-state index in [4.69, 9.17) is 5.11 Å². The molecule has 6 heteroatoms. The summed E-state index contributed by atoms with van der Waals surface area (Å²) in [7, 11) is 0. The molecule has 0 saturated carbocycles. The molecule has 2 rings (SSSR count). The van der Waals surface area contributed by atoms with Gasteiger partial charge in [-0.3, -0.25) is 9.59 Å².